The fraction of sp³-hybridized carbons (Fsp3) is 0.923. The molecule has 0 spiro atoms. The van der Waals surface area contributed by atoms with Crippen molar-refractivity contribution in [2.24, 2.45) is 0 Å². The molecule has 3 fully saturated rings. The average molecular weight is 253 g/mol. The summed E-state index contributed by atoms with van der Waals surface area (Å²) in [7, 11) is 0. The number of piperazine rings is 1. The number of morpholine rings is 1. The predicted octanol–water partition coefficient (Wildman–Crippen LogP) is -0.328. The van der Waals surface area contributed by atoms with E-state index in [1.165, 1.54) is 25.8 Å². The quantitative estimate of drug-likeness (QED) is 0.695. The Balaban J connectivity index is 1.57. The van der Waals surface area contributed by atoms with E-state index in [0.29, 0.717) is 19.2 Å². The van der Waals surface area contributed by atoms with Crippen LogP contribution in [0.15, 0.2) is 0 Å². The van der Waals surface area contributed by atoms with Gasteiger partial charge in [0.2, 0.25) is 0 Å². The number of nitrogens with one attached hydrogen (secondary N) is 1. The average Bonchev–Trinajstić information content (AvgIpc) is 2.47. The molecule has 3 aliphatic rings. The minimum Gasteiger partial charge on any atom is -0.366 e. The molecule has 2 atom stereocenters. The van der Waals surface area contributed by atoms with Gasteiger partial charge in [-0.1, -0.05) is 6.42 Å². The fourth-order valence-electron chi connectivity index (χ4n) is 3.28. The molecule has 3 aliphatic heterocycles. The Morgan fingerprint density at radius 3 is 3.00 bits per heavy atom. The van der Waals surface area contributed by atoms with E-state index >= 15 is 0 Å². The summed E-state index contributed by atoms with van der Waals surface area (Å²) >= 11 is 0. The molecule has 0 aromatic heterocycles. The van der Waals surface area contributed by atoms with Crippen LogP contribution in [0.3, 0.4) is 0 Å². The van der Waals surface area contributed by atoms with Crippen LogP contribution in [0.2, 0.25) is 0 Å². The van der Waals surface area contributed by atoms with Crippen LogP contribution in [-0.2, 0) is 9.53 Å². The van der Waals surface area contributed by atoms with Gasteiger partial charge in [-0.2, -0.15) is 0 Å². The predicted molar refractivity (Wildman–Crippen MR) is 68.4 cm³/mol. The van der Waals surface area contributed by atoms with Gasteiger partial charge in [0.15, 0.2) is 0 Å². The summed E-state index contributed by atoms with van der Waals surface area (Å²) in [5.74, 6) is 0.187. The van der Waals surface area contributed by atoms with Gasteiger partial charge in [-0.15, -0.1) is 0 Å². The van der Waals surface area contributed by atoms with Crippen LogP contribution >= 0.6 is 0 Å². The molecular weight excluding hydrogens is 230 g/mol. The third-order valence-corrected chi connectivity index (χ3v) is 4.35. The highest BCUT2D eigenvalue weighted by Crippen LogP contribution is 2.21. The first-order valence-electron chi connectivity index (χ1n) is 7.20. The molecule has 3 saturated heterocycles. The van der Waals surface area contributed by atoms with Crippen molar-refractivity contribution in [1.29, 1.82) is 0 Å². The van der Waals surface area contributed by atoms with Gasteiger partial charge in [0.05, 0.1) is 6.61 Å². The molecule has 0 aromatic rings. The Bertz CT molecular complexity index is 305. The molecule has 0 bridgehead atoms. The normalized spacial score (nSPS) is 34.1. The number of amides is 1. The molecule has 0 radical (unpaired) electrons. The lowest BCUT2D eigenvalue weighted by molar-refractivity contribution is -0.148. The number of rotatable bonds is 1. The monoisotopic (exact) mass is 253 g/mol. The molecule has 3 rings (SSSR count). The smallest absolute Gasteiger partial charge is 0.253 e. The zero-order chi connectivity index (χ0) is 12.4. The second-order valence-electron chi connectivity index (χ2n) is 5.53. The zero-order valence-electron chi connectivity index (χ0n) is 10.9. The van der Waals surface area contributed by atoms with Gasteiger partial charge in [-0.25, -0.2) is 0 Å². The maximum atomic E-state index is 12.4. The Hall–Kier alpha value is -0.650. The van der Waals surface area contributed by atoms with Crippen molar-refractivity contribution in [2.45, 2.75) is 31.4 Å². The molecule has 3 heterocycles. The van der Waals surface area contributed by atoms with E-state index < -0.39 is 0 Å². The highest BCUT2D eigenvalue weighted by molar-refractivity contribution is 5.81. The van der Waals surface area contributed by atoms with Crippen LogP contribution in [0.5, 0.6) is 0 Å². The Morgan fingerprint density at radius 1 is 1.22 bits per heavy atom. The minimum atomic E-state index is -0.256. The fourth-order valence-corrected chi connectivity index (χ4v) is 3.28. The molecule has 5 nitrogen and oxygen atoms in total. The SMILES string of the molecule is O=C(C1CNCCO1)N1CCN2CCCCC2C1. The summed E-state index contributed by atoms with van der Waals surface area (Å²) in [5.41, 5.74) is 0. The third kappa shape index (κ3) is 2.53. The summed E-state index contributed by atoms with van der Waals surface area (Å²) in [6.45, 7) is 6.21. The first-order chi connectivity index (χ1) is 8.84. The van der Waals surface area contributed by atoms with Crippen molar-refractivity contribution in [1.82, 2.24) is 15.1 Å². The summed E-state index contributed by atoms with van der Waals surface area (Å²) in [6, 6.07) is 0.591. The number of nitrogens with zero attached hydrogens (tertiary/aromatic N) is 2. The van der Waals surface area contributed by atoms with Crippen LogP contribution in [0.25, 0.3) is 0 Å². The van der Waals surface area contributed by atoms with Crippen LogP contribution in [0, 0.1) is 0 Å². The first kappa shape index (κ1) is 12.4. The van der Waals surface area contributed by atoms with Gasteiger partial charge in [-0.05, 0) is 19.4 Å². The van der Waals surface area contributed by atoms with Crippen molar-refractivity contribution < 1.29 is 9.53 Å². The van der Waals surface area contributed by atoms with E-state index in [9.17, 15) is 4.79 Å². The molecule has 18 heavy (non-hydrogen) atoms. The van der Waals surface area contributed by atoms with Gasteiger partial charge in [-0.3, -0.25) is 9.69 Å². The van der Waals surface area contributed by atoms with Crippen molar-refractivity contribution >= 4 is 5.91 Å². The van der Waals surface area contributed by atoms with E-state index in [1.807, 2.05) is 4.90 Å². The van der Waals surface area contributed by atoms with Crippen LogP contribution in [-0.4, -0.2) is 73.7 Å². The summed E-state index contributed by atoms with van der Waals surface area (Å²) in [5, 5.41) is 3.23. The van der Waals surface area contributed by atoms with Gasteiger partial charge >= 0.3 is 0 Å². The van der Waals surface area contributed by atoms with Crippen LogP contribution in [0.1, 0.15) is 19.3 Å². The molecule has 0 saturated carbocycles. The highest BCUT2D eigenvalue weighted by atomic mass is 16.5. The minimum absolute atomic E-state index is 0.187. The van der Waals surface area contributed by atoms with Gasteiger partial charge in [0.1, 0.15) is 6.10 Å². The number of hydrogen-bond acceptors (Lipinski definition) is 4. The molecule has 0 aromatic carbocycles. The van der Waals surface area contributed by atoms with Crippen LogP contribution < -0.4 is 5.32 Å². The van der Waals surface area contributed by atoms with Gasteiger partial charge in [0.25, 0.3) is 5.91 Å². The second-order valence-corrected chi connectivity index (χ2v) is 5.53. The Labute approximate surface area is 108 Å². The zero-order valence-corrected chi connectivity index (χ0v) is 10.9. The summed E-state index contributed by atoms with van der Waals surface area (Å²) in [4.78, 5) is 16.9. The molecule has 0 aliphatic carbocycles. The number of carbonyl (C=O) groups is 1. The largest absolute Gasteiger partial charge is 0.366 e. The second kappa shape index (κ2) is 5.55. The maximum absolute atomic E-state index is 12.4. The summed E-state index contributed by atoms with van der Waals surface area (Å²) in [6.07, 6.45) is 3.62. The number of piperidine rings is 1. The molecule has 102 valence electrons. The standard InChI is InChI=1S/C13H23N3O2/c17-13(12-9-14-4-8-18-12)16-7-6-15-5-2-1-3-11(15)10-16/h11-12,14H,1-10H2. The van der Waals surface area contributed by atoms with E-state index in [2.05, 4.69) is 10.2 Å². The Morgan fingerprint density at radius 2 is 2.17 bits per heavy atom. The van der Waals surface area contributed by atoms with E-state index in [0.717, 1.165) is 26.2 Å². The lowest BCUT2D eigenvalue weighted by Gasteiger charge is -2.44. The summed E-state index contributed by atoms with van der Waals surface area (Å²) < 4.78 is 5.56. The lowest BCUT2D eigenvalue weighted by atomic mass is 9.99. The van der Waals surface area contributed by atoms with E-state index in [-0.39, 0.29) is 12.0 Å². The van der Waals surface area contributed by atoms with Crippen molar-refractivity contribution in [3.05, 3.63) is 0 Å². The molecule has 1 N–H and O–H groups in total. The van der Waals surface area contributed by atoms with E-state index in [4.69, 9.17) is 4.74 Å². The topological polar surface area (TPSA) is 44.8 Å². The van der Waals surface area contributed by atoms with Crippen molar-refractivity contribution in [2.75, 3.05) is 45.9 Å². The molecule has 1 amide bonds. The highest BCUT2D eigenvalue weighted by Gasteiger charge is 2.34. The third-order valence-electron chi connectivity index (χ3n) is 4.35. The number of fused-ring (bicyclic) bond motifs is 1. The first-order valence-corrected chi connectivity index (χ1v) is 7.20. The maximum Gasteiger partial charge on any atom is 0.253 e. The van der Waals surface area contributed by atoms with E-state index in [1.54, 1.807) is 0 Å². The molecule has 5 heteroatoms. The van der Waals surface area contributed by atoms with Crippen LogP contribution in [0.4, 0.5) is 0 Å². The number of carbonyl (C=O) groups excluding carboxylic acids is 1. The van der Waals surface area contributed by atoms with Gasteiger partial charge < -0.3 is 15.0 Å². The number of ether oxygens (including phenoxy) is 1. The van der Waals surface area contributed by atoms with Crippen molar-refractivity contribution in [3.63, 3.8) is 0 Å². The Kier molecular flexibility index (Phi) is 3.82. The number of hydrogen-bond donors (Lipinski definition) is 1. The van der Waals surface area contributed by atoms with Gasteiger partial charge in [0, 0.05) is 38.8 Å². The molecular formula is C13H23N3O2. The molecule has 2 unspecified atom stereocenters. The van der Waals surface area contributed by atoms with Crippen molar-refractivity contribution in [3.8, 4) is 0 Å². The lowest BCUT2D eigenvalue weighted by Crippen LogP contribution is -2.59.